The second-order valence-electron chi connectivity index (χ2n) is 6.03. The Balaban J connectivity index is 0.00000225. The van der Waals surface area contributed by atoms with Crippen molar-refractivity contribution in [1.29, 1.82) is 0 Å². The van der Waals surface area contributed by atoms with Crippen molar-refractivity contribution in [2.24, 2.45) is 5.73 Å². The topological polar surface area (TPSA) is 63.4 Å². The molecule has 0 spiro atoms. The van der Waals surface area contributed by atoms with E-state index in [9.17, 15) is 12.8 Å². The molecule has 0 amide bonds. The molecule has 2 N–H and O–H groups in total. The van der Waals surface area contributed by atoms with E-state index in [0.717, 1.165) is 11.6 Å². The van der Waals surface area contributed by atoms with Crippen LogP contribution in [0.2, 0.25) is 5.02 Å². The van der Waals surface area contributed by atoms with Gasteiger partial charge in [0.2, 0.25) is 10.0 Å². The summed E-state index contributed by atoms with van der Waals surface area (Å²) < 4.78 is 40.7. The van der Waals surface area contributed by atoms with E-state index in [0.29, 0.717) is 0 Å². The predicted molar refractivity (Wildman–Crippen MR) is 99.3 cm³/mol. The fourth-order valence-electron chi connectivity index (χ4n) is 3.01. The lowest BCUT2D eigenvalue weighted by atomic mass is 9.95. The molecule has 1 heterocycles. The predicted octanol–water partition coefficient (Wildman–Crippen LogP) is 3.32. The van der Waals surface area contributed by atoms with Gasteiger partial charge in [-0.3, -0.25) is 0 Å². The highest BCUT2D eigenvalue weighted by Gasteiger charge is 2.39. The summed E-state index contributed by atoms with van der Waals surface area (Å²) in [4.78, 5) is -0.0796. The average Bonchev–Trinajstić information content (AvgIpc) is 2.94. The summed E-state index contributed by atoms with van der Waals surface area (Å²) in [6.45, 7) is 1.99. The summed E-state index contributed by atoms with van der Waals surface area (Å²) in [6, 6.07) is 11.6. The fourth-order valence-corrected chi connectivity index (χ4v) is 5.09. The van der Waals surface area contributed by atoms with Crippen molar-refractivity contribution in [3.63, 3.8) is 0 Å². The van der Waals surface area contributed by atoms with Crippen molar-refractivity contribution in [2.45, 2.75) is 23.8 Å². The van der Waals surface area contributed by atoms with E-state index in [1.807, 2.05) is 30.3 Å². The normalized spacial score (nSPS) is 21.1. The number of halogens is 3. The van der Waals surface area contributed by atoms with E-state index >= 15 is 0 Å². The Hall–Kier alpha value is -1.18. The van der Waals surface area contributed by atoms with E-state index in [-0.39, 0.29) is 52.9 Å². The molecule has 1 fully saturated rings. The van der Waals surface area contributed by atoms with Gasteiger partial charge in [0.15, 0.2) is 0 Å². The average molecular weight is 405 g/mol. The molecule has 0 aromatic heterocycles. The van der Waals surface area contributed by atoms with Crippen LogP contribution in [0.15, 0.2) is 47.4 Å². The zero-order chi connectivity index (χ0) is 17.5. The SMILES string of the molecule is Cc1cc(S(=O)(=O)N2C[C@@H](N)[C@H](c3ccccc3)C2)c(Cl)cc1F.Cl. The Labute approximate surface area is 158 Å². The van der Waals surface area contributed by atoms with Crippen molar-refractivity contribution in [3.8, 4) is 0 Å². The number of hydrogen-bond donors (Lipinski definition) is 1. The molecule has 1 saturated heterocycles. The van der Waals surface area contributed by atoms with E-state index in [1.54, 1.807) is 0 Å². The number of aryl methyl sites for hydroxylation is 1. The third kappa shape index (κ3) is 3.83. The number of sulfonamides is 1. The van der Waals surface area contributed by atoms with Crippen molar-refractivity contribution in [1.82, 2.24) is 4.31 Å². The van der Waals surface area contributed by atoms with Crippen LogP contribution < -0.4 is 5.73 Å². The van der Waals surface area contributed by atoms with Crippen LogP contribution in [0.25, 0.3) is 0 Å². The number of rotatable bonds is 3. The highest BCUT2D eigenvalue weighted by atomic mass is 35.5. The maximum atomic E-state index is 13.6. The van der Waals surface area contributed by atoms with Crippen LogP contribution in [-0.2, 0) is 10.0 Å². The van der Waals surface area contributed by atoms with Crippen LogP contribution in [0.1, 0.15) is 17.0 Å². The second kappa shape index (κ2) is 7.60. The highest BCUT2D eigenvalue weighted by molar-refractivity contribution is 7.89. The zero-order valence-electron chi connectivity index (χ0n) is 13.5. The molecule has 0 aliphatic carbocycles. The van der Waals surface area contributed by atoms with E-state index in [4.69, 9.17) is 17.3 Å². The van der Waals surface area contributed by atoms with Crippen LogP contribution in [0.3, 0.4) is 0 Å². The molecule has 136 valence electrons. The third-order valence-electron chi connectivity index (χ3n) is 4.39. The molecule has 1 aliphatic heterocycles. The van der Waals surface area contributed by atoms with Crippen molar-refractivity contribution >= 4 is 34.0 Å². The van der Waals surface area contributed by atoms with Crippen molar-refractivity contribution < 1.29 is 12.8 Å². The van der Waals surface area contributed by atoms with Gasteiger partial charge in [0.05, 0.1) is 5.02 Å². The van der Waals surface area contributed by atoms with Crippen LogP contribution >= 0.6 is 24.0 Å². The summed E-state index contributed by atoms with van der Waals surface area (Å²) in [7, 11) is -3.83. The van der Waals surface area contributed by atoms with Gasteiger partial charge in [0.1, 0.15) is 10.7 Å². The van der Waals surface area contributed by atoms with E-state index < -0.39 is 15.8 Å². The van der Waals surface area contributed by atoms with Crippen LogP contribution in [0.5, 0.6) is 0 Å². The quantitative estimate of drug-likeness (QED) is 0.852. The number of hydrogen-bond acceptors (Lipinski definition) is 3. The monoisotopic (exact) mass is 404 g/mol. The standard InChI is InChI=1S/C17H18ClFN2O2S.ClH/c1-11-7-17(14(18)8-15(11)19)24(22,23)21-9-13(16(20)10-21)12-5-3-2-4-6-12;/h2-8,13,16H,9-10,20H2,1H3;1H/t13-,16+;/m0./s1. The number of nitrogens with zero attached hydrogens (tertiary/aromatic N) is 1. The van der Waals surface area contributed by atoms with Gasteiger partial charge in [-0.15, -0.1) is 12.4 Å². The lowest BCUT2D eigenvalue weighted by Crippen LogP contribution is -2.32. The lowest BCUT2D eigenvalue weighted by Gasteiger charge is -2.18. The summed E-state index contributed by atoms with van der Waals surface area (Å²) in [6.07, 6.45) is 0. The molecule has 3 rings (SSSR count). The first-order valence-corrected chi connectivity index (χ1v) is 9.39. The van der Waals surface area contributed by atoms with Gasteiger partial charge < -0.3 is 5.73 Å². The van der Waals surface area contributed by atoms with Crippen LogP contribution in [0.4, 0.5) is 4.39 Å². The molecule has 0 radical (unpaired) electrons. The lowest BCUT2D eigenvalue weighted by molar-refractivity contribution is 0.470. The highest BCUT2D eigenvalue weighted by Crippen LogP contribution is 2.33. The summed E-state index contributed by atoms with van der Waals surface area (Å²) in [5.74, 6) is -0.611. The molecule has 8 heteroatoms. The first-order chi connectivity index (χ1) is 11.3. The smallest absolute Gasteiger partial charge is 0.244 e. The van der Waals surface area contributed by atoms with Crippen LogP contribution in [0, 0.1) is 12.7 Å². The largest absolute Gasteiger partial charge is 0.326 e. The Morgan fingerprint density at radius 2 is 1.84 bits per heavy atom. The number of benzene rings is 2. The van der Waals surface area contributed by atoms with Gasteiger partial charge in [-0.1, -0.05) is 41.9 Å². The molecule has 2 aromatic carbocycles. The van der Waals surface area contributed by atoms with Gasteiger partial charge in [-0.05, 0) is 30.2 Å². The molecule has 0 bridgehead atoms. The van der Waals surface area contributed by atoms with E-state index in [2.05, 4.69) is 0 Å². The Morgan fingerprint density at radius 1 is 1.20 bits per heavy atom. The third-order valence-corrected chi connectivity index (χ3v) is 6.69. The number of nitrogens with two attached hydrogens (primary N) is 1. The minimum atomic E-state index is -3.83. The van der Waals surface area contributed by atoms with Crippen LogP contribution in [-0.4, -0.2) is 31.9 Å². The minimum absolute atomic E-state index is 0. The van der Waals surface area contributed by atoms with Gasteiger partial charge >= 0.3 is 0 Å². The molecule has 0 unspecified atom stereocenters. The maximum Gasteiger partial charge on any atom is 0.244 e. The van der Waals surface area contributed by atoms with Crippen molar-refractivity contribution in [3.05, 3.63) is 64.4 Å². The summed E-state index contributed by atoms with van der Waals surface area (Å²) in [5.41, 5.74) is 7.41. The molecular weight excluding hydrogens is 386 g/mol. The second-order valence-corrected chi connectivity index (χ2v) is 8.35. The maximum absolute atomic E-state index is 13.6. The van der Waals surface area contributed by atoms with Crippen molar-refractivity contribution in [2.75, 3.05) is 13.1 Å². The van der Waals surface area contributed by atoms with Gasteiger partial charge in [0.25, 0.3) is 0 Å². The molecule has 25 heavy (non-hydrogen) atoms. The van der Waals surface area contributed by atoms with Gasteiger partial charge in [-0.2, -0.15) is 4.31 Å². The first kappa shape index (κ1) is 20.1. The molecule has 4 nitrogen and oxygen atoms in total. The van der Waals surface area contributed by atoms with E-state index in [1.165, 1.54) is 17.3 Å². The molecular formula is C17H19Cl2FN2O2S. The minimum Gasteiger partial charge on any atom is -0.326 e. The molecule has 2 atom stereocenters. The first-order valence-electron chi connectivity index (χ1n) is 7.57. The molecule has 2 aromatic rings. The van der Waals surface area contributed by atoms with Gasteiger partial charge in [-0.25, -0.2) is 12.8 Å². The summed E-state index contributed by atoms with van der Waals surface area (Å²) in [5, 5.41) is -0.116. The Kier molecular flexibility index (Phi) is 6.12. The fraction of sp³-hybridized carbons (Fsp3) is 0.294. The molecule has 0 saturated carbocycles. The molecule has 1 aliphatic rings. The Bertz CT molecular complexity index is 862. The zero-order valence-corrected chi connectivity index (χ0v) is 15.9. The van der Waals surface area contributed by atoms with Gasteiger partial charge in [0, 0.05) is 25.0 Å². The Morgan fingerprint density at radius 3 is 2.48 bits per heavy atom. The summed E-state index contributed by atoms with van der Waals surface area (Å²) >= 11 is 5.98.